The second-order valence-corrected chi connectivity index (χ2v) is 8.35. The van der Waals surface area contributed by atoms with Crippen molar-refractivity contribution in [3.8, 4) is 0 Å². The zero-order valence-corrected chi connectivity index (χ0v) is 15.1. The Morgan fingerprint density at radius 3 is 2.35 bits per heavy atom. The van der Waals surface area contributed by atoms with Crippen LogP contribution in [0.15, 0.2) is 29.2 Å². The van der Waals surface area contributed by atoms with Crippen LogP contribution in [0.4, 0.5) is 4.79 Å². The van der Waals surface area contributed by atoms with Gasteiger partial charge in [-0.15, -0.1) is 0 Å². The number of sulfonamides is 1. The van der Waals surface area contributed by atoms with Gasteiger partial charge in [0.1, 0.15) is 0 Å². The van der Waals surface area contributed by atoms with Crippen molar-refractivity contribution in [3.05, 3.63) is 29.8 Å². The van der Waals surface area contributed by atoms with Gasteiger partial charge in [0.2, 0.25) is 0 Å². The van der Waals surface area contributed by atoms with Crippen LogP contribution in [-0.4, -0.2) is 42.8 Å². The highest BCUT2D eigenvalue weighted by Gasteiger charge is 2.44. The molecule has 5 nitrogen and oxygen atoms in total. The van der Waals surface area contributed by atoms with Gasteiger partial charge >= 0.3 is 6.03 Å². The lowest BCUT2D eigenvalue weighted by Gasteiger charge is -2.25. The van der Waals surface area contributed by atoms with E-state index in [2.05, 4.69) is 6.92 Å². The summed E-state index contributed by atoms with van der Waals surface area (Å²) in [5, 5.41) is 0. The normalized spacial score (nSPS) is 19.0. The standard InChI is InChI=1S/C17H26N2O3S/c1-5-6-11-18-16(13(2)3)12-19(17(18)20)23(21,22)15-9-7-14(4)8-10-15/h7-10,13,16H,5-6,11-12H2,1-4H3. The first-order chi connectivity index (χ1) is 10.8. The first-order valence-corrected chi connectivity index (χ1v) is 9.63. The van der Waals surface area contributed by atoms with Crippen molar-refractivity contribution >= 4 is 16.1 Å². The van der Waals surface area contributed by atoms with Gasteiger partial charge in [-0.2, -0.15) is 0 Å². The molecule has 1 aromatic carbocycles. The Kier molecular flexibility index (Phi) is 5.34. The van der Waals surface area contributed by atoms with Crippen molar-refractivity contribution in [2.24, 2.45) is 5.92 Å². The molecule has 6 heteroatoms. The third-order valence-corrected chi connectivity index (χ3v) is 6.10. The van der Waals surface area contributed by atoms with E-state index in [1.807, 2.05) is 20.8 Å². The Hall–Kier alpha value is -1.56. The highest BCUT2D eigenvalue weighted by Crippen LogP contribution is 2.28. The van der Waals surface area contributed by atoms with Crippen molar-refractivity contribution in [3.63, 3.8) is 0 Å². The van der Waals surface area contributed by atoms with E-state index < -0.39 is 16.1 Å². The van der Waals surface area contributed by atoms with Gasteiger partial charge in [-0.25, -0.2) is 17.5 Å². The van der Waals surface area contributed by atoms with Gasteiger partial charge in [-0.1, -0.05) is 44.9 Å². The predicted octanol–water partition coefficient (Wildman–Crippen LogP) is 3.25. The highest BCUT2D eigenvalue weighted by molar-refractivity contribution is 7.89. The number of rotatable bonds is 6. The van der Waals surface area contributed by atoms with E-state index in [4.69, 9.17) is 0 Å². The van der Waals surface area contributed by atoms with E-state index in [1.54, 1.807) is 29.2 Å². The summed E-state index contributed by atoms with van der Waals surface area (Å²) in [6.07, 6.45) is 1.85. The smallest absolute Gasteiger partial charge is 0.319 e. The SMILES string of the molecule is CCCCN1C(=O)N(S(=O)(=O)c2ccc(C)cc2)CC1C(C)C. The number of benzene rings is 1. The zero-order chi connectivity index (χ0) is 17.2. The number of nitrogens with zero attached hydrogens (tertiary/aromatic N) is 2. The van der Waals surface area contributed by atoms with Crippen LogP contribution in [-0.2, 0) is 10.0 Å². The molecule has 1 aliphatic heterocycles. The molecule has 1 fully saturated rings. The summed E-state index contributed by atoms with van der Waals surface area (Å²) in [6, 6.07) is 6.19. The van der Waals surface area contributed by atoms with Crippen LogP contribution in [0.1, 0.15) is 39.2 Å². The molecule has 0 bridgehead atoms. The molecule has 1 heterocycles. The van der Waals surface area contributed by atoms with Crippen LogP contribution in [0, 0.1) is 12.8 Å². The van der Waals surface area contributed by atoms with Gasteiger partial charge < -0.3 is 4.90 Å². The van der Waals surface area contributed by atoms with Gasteiger partial charge in [-0.05, 0) is 31.4 Å². The number of unbranched alkanes of at least 4 members (excludes halogenated alkanes) is 1. The number of hydrogen-bond donors (Lipinski definition) is 0. The van der Waals surface area contributed by atoms with Crippen LogP contribution < -0.4 is 0 Å². The maximum absolute atomic E-state index is 12.8. The summed E-state index contributed by atoms with van der Waals surface area (Å²) >= 11 is 0. The third-order valence-electron chi connectivity index (χ3n) is 4.34. The number of urea groups is 1. The first-order valence-electron chi connectivity index (χ1n) is 8.19. The summed E-state index contributed by atoms with van der Waals surface area (Å²) in [6.45, 7) is 8.86. The lowest BCUT2D eigenvalue weighted by Crippen LogP contribution is -2.39. The summed E-state index contributed by atoms with van der Waals surface area (Å²) in [4.78, 5) is 14.6. The molecule has 1 unspecified atom stereocenters. The van der Waals surface area contributed by atoms with Crippen molar-refractivity contribution in [2.75, 3.05) is 13.1 Å². The highest BCUT2D eigenvalue weighted by atomic mass is 32.2. The quantitative estimate of drug-likeness (QED) is 0.800. The molecule has 0 aromatic heterocycles. The van der Waals surface area contributed by atoms with E-state index in [0.717, 1.165) is 22.7 Å². The van der Waals surface area contributed by atoms with Gasteiger partial charge in [0, 0.05) is 6.54 Å². The maximum atomic E-state index is 12.8. The second-order valence-electron chi connectivity index (χ2n) is 6.49. The molecule has 0 saturated carbocycles. The fraction of sp³-hybridized carbons (Fsp3) is 0.588. The lowest BCUT2D eigenvalue weighted by atomic mass is 10.0. The van der Waals surface area contributed by atoms with Crippen LogP contribution >= 0.6 is 0 Å². The average molecular weight is 338 g/mol. The van der Waals surface area contributed by atoms with Crippen LogP contribution in [0.5, 0.6) is 0 Å². The molecule has 0 N–H and O–H groups in total. The molecule has 1 aliphatic rings. The molecule has 128 valence electrons. The molecule has 0 aliphatic carbocycles. The fourth-order valence-corrected chi connectivity index (χ4v) is 4.22. The van der Waals surface area contributed by atoms with E-state index in [-0.39, 0.29) is 23.4 Å². The minimum Gasteiger partial charge on any atom is -0.319 e. The average Bonchev–Trinajstić information content (AvgIpc) is 2.83. The third kappa shape index (κ3) is 3.52. The van der Waals surface area contributed by atoms with Crippen molar-refractivity contribution in [1.29, 1.82) is 0 Å². The van der Waals surface area contributed by atoms with E-state index >= 15 is 0 Å². The Morgan fingerprint density at radius 2 is 1.83 bits per heavy atom. The monoisotopic (exact) mass is 338 g/mol. The summed E-state index contributed by atoms with van der Waals surface area (Å²) < 4.78 is 26.7. The van der Waals surface area contributed by atoms with Gasteiger partial charge in [0.25, 0.3) is 10.0 Å². The number of hydrogen-bond acceptors (Lipinski definition) is 3. The van der Waals surface area contributed by atoms with Gasteiger partial charge in [0.05, 0.1) is 17.5 Å². The topological polar surface area (TPSA) is 57.7 Å². The number of aryl methyl sites for hydroxylation is 1. The Morgan fingerprint density at radius 1 is 1.22 bits per heavy atom. The molecule has 2 amide bonds. The first kappa shape index (κ1) is 17.8. The number of carbonyl (C=O) groups excluding carboxylic acids is 1. The second kappa shape index (κ2) is 6.91. The summed E-state index contributed by atoms with van der Waals surface area (Å²) in [5.74, 6) is 0.217. The Labute approximate surface area is 139 Å². The molecule has 1 atom stereocenters. The van der Waals surface area contributed by atoms with Crippen LogP contribution in [0.2, 0.25) is 0 Å². The fourth-order valence-electron chi connectivity index (χ4n) is 2.83. The molecule has 0 spiro atoms. The van der Waals surface area contributed by atoms with Gasteiger partial charge in [0.15, 0.2) is 0 Å². The number of carbonyl (C=O) groups is 1. The summed E-state index contributed by atoms with van der Waals surface area (Å²) in [5.41, 5.74) is 0.987. The van der Waals surface area contributed by atoms with E-state index in [0.29, 0.717) is 6.54 Å². The van der Waals surface area contributed by atoms with E-state index in [1.165, 1.54) is 0 Å². The minimum atomic E-state index is -3.79. The van der Waals surface area contributed by atoms with Gasteiger partial charge in [-0.3, -0.25) is 0 Å². The van der Waals surface area contributed by atoms with E-state index in [9.17, 15) is 13.2 Å². The number of amides is 2. The van der Waals surface area contributed by atoms with Crippen molar-refractivity contribution in [1.82, 2.24) is 9.21 Å². The molecular formula is C17H26N2O3S. The largest absolute Gasteiger partial charge is 0.334 e. The minimum absolute atomic E-state index is 0.0609. The predicted molar refractivity (Wildman–Crippen MR) is 90.7 cm³/mol. The molecule has 2 rings (SSSR count). The van der Waals surface area contributed by atoms with Crippen LogP contribution in [0.25, 0.3) is 0 Å². The molecule has 0 radical (unpaired) electrons. The Bertz CT molecular complexity index is 653. The van der Waals surface area contributed by atoms with Crippen molar-refractivity contribution in [2.45, 2.75) is 51.5 Å². The zero-order valence-electron chi connectivity index (χ0n) is 14.3. The molecule has 1 saturated heterocycles. The molecule has 23 heavy (non-hydrogen) atoms. The molecular weight excluding hydrogens is 312 g/mol. The molecule has 1 aromatic rings. The van der Waals surface area contributed by atoms with Crippen molar-refractivity contribution < 1.29 is 13.2 Å². The Balaban J connectivity index is 2.31. The van der Waals surface area contributed by atoms with Crippen LogP contribution in [0.3, 0.4) is 0 Å². The summed E-state index contributed by atoms with van der Waals surface area (Å²) in [7, 11) is -3.79. The maximum Gasteiger partial charge on any atom is 0.334 e. The lowest BCUT2D eigenvalue weighted by molar-refractivity contribution is 0.185.